The Morgan fingerprint density at radius 1 is 1.38 bits per heavy atom. The van der Waals surface area contributed by atoms with Crippen LogP contribution in [0.2, 0.25) is 0 Å². The third kappa shape index (κ3) is 5.39. The Balaban J connectivity index is 0. The van der Waals surface area contributed by atoms with Gasteiger partial charge in [0.2, 0.25) is 0 Å². The second-order valence-corrected chi connectivity index (χ2v) is 2.27. The average Bonchev–Trinajstić information content (AvgIpc) is 2.16. The van der Waals surface area contributed by atoms with Crippen molar-refractivity contribution in [1.29, 1.82) is 0 Å². The zero-order valence-electron chi connectivity index (χ0n) is 8.86. The minimum Gasteiger partial charge on any atom is -1.00 e. The molecule has 0 saturated carbocycles. The first-order valence-corrected chi connectivity index (χ1v) is 3.64. The molecule has 0 spiro atoms. The molecule has 2 nitrogen and oxygen atoms in total. The number of ether oxygens (including phenoxy) is 1. The fourth-order valence-corrected chi connectivity index (χ4v) is 0.796. The predicted molar refractivity (Wildman–Crippen MR) is 48.6 cm³/mol. The first kappa shape index (κ1) is 13.1. The van der Waals surface area contributed by atoms with Gasteiger partial charge in [-0.2, -0.15) is 0 Å². The fourth-order valence-electron chi connectivity index (χ4n) is 0.796. The Hall–Kier alpha value is 0.0664. The van der Waals surface area contributed by atoms with Crippen molar-refractivity contribution < 1.29 is 62.3 Å². The summed E-state index contributed by atoms with van der Waals surface area (Å²) in [6.45, 7) is 0. The number of benzene rings is 1. The minimum atomic E-state index is -0.334. The molecular weight excluding hydrogens is 191 g/mol. The fraction of sp³-hybridized carbons (Fsp3) is 0.100. The first-order valence-electron chi connectivity index (χ1n) is 3.64. The summed E-state index contributed by atoms with van der Waals surface area (Å²) in [6, 6.07) is 9.59. The topological polar surface area (TPSA) is 26.3 Å². The van der Waals surface area contributed by atoms with Gasteiger partial charge in [-0.1, -0.05) is 30.3 Å². The summed E-state index contributed by atoms with van der Waals surface area (Å²) in [5.74, 6) is -0.334. The van der Waals surface area contributed by atoms with Crippen LogP contribution in [0.1, 0.15) is 6.99 Å². The van der Waals surface area contributed by atoms with Gasteiger partial charge in [0.15, 0.2) is 0 Å². The summed E-state index contributed by atoms with van der Waals surface area (Å²) in [4.78, 5) is 10.7. The van der Waals surface area contributed by atoms with Gasteiger partial charge in [0.1, 0.15) is 0 Å². The molecule has 0 radical (unpaired) electrons. The molecule has 1 aromatic carbocycles. The van der Waals surface area contributed by atoms with Crippen LogP contribution in [0.5, 0.6) is 0 Å². The molecule has 1 aromatic rings. The molecule has 0 fully saturated rings. The predicted octanol–water partition coefficient (Wildman–Crippen LogP) is -1.01. The molecule has 0 aliphatic heterocycles. The maximum atomic E-state index is 10.7. The Bertz CT molecular complexity index is 285. The second kappa shape index (κ2) is 7.47. The van der Waals surface area contributed by atoms with Crippen LogP contribution in [0.15, 0.2) is 36.4 Å². The molecule has 0 aliphatic carbocycles. The molecule has 0 aromatic heterocycles. The molecule has 0 unspecified atom stereocenters. The molecule has 1 rings (SSSR count). The van der Waals surface area contributed by atoms with Gasteiger partial charge in [-0.25, -0.2) is 4.79 Å². The average molecular weight is 202 g/mol. The van der Waals surface area contributed by atoms with Crippen molar-refractivity contribution in [2.45, 2.75) is 0 Å². The minimum absolute atomic E-state index is 0. The van der Waals surface area contributed by atoms with E-state index in [1.165, 1.54) is 13.2 Å². The van der Waals surface area contributed by atoms with Crippen molar-refractivity contribution >= 4 is 12.0 Å². The summed E-state index contributed by atoms with van der Waals surface area (Å²) < 4.78 is 4.45. The van der Waals surface area contributed by atoms with Crippen LogP contribution in [0, 0.1) is 0 Å². The summed E-state index contributed by atoms with van der Waals surface area (Å²) in [6.07, 6.45) is 3.11. The van der Waals surface area contributed by atoms with E-state index < -0.39 is 0 Å². The van der Waals surface area contributed by atoms with Crippen LogP contribution in [0.4, 0.5) is 0 Å². The third-order valence-corrected chi connectivity index (χ3v) is 1.41. The van der Waals surface area contributed by atoms with E-state index >= 15 is 0 Å². The Kier molecular flexibility index (Phi) is 7.51. The van der Waals surface area contributed by atoms with Gasteiger partial charge < -0.3 is 6.16 Å². The van der Waals surface area contributed by atoms with E-state index in [0.29, 0.717) is 0 Å². The zero-order valence-corrected chi connectivity index (χ0v) is 11.0. The second-order valence-electron chi connectivity index (χ2n) is 2.27. The maximum absolute atomic E-state index is 10.7. The van der Waals surface area contributed by atoms with Crippen LogP contribution in [0.25, 0.3) is 6.08 Å². The standard InChI is InChI=1S/C10H10O2.K.H/c1-12-10(11)8-7-9-5-3-2-4-6-9;;/h2-8H,1H3;;/q;+1;-1/b8-7+;;. The zero-order chi connectivity index (χ0) is 8.81. The van der Waals surface area contributed by atoms with Gasteiger partial charge >= 0.3 is 57.4 Å². The van der Waals surface area contributed by atoms with Gasteiger partial charge in [0, 0.05) is 6.08 Å². The number of hydrogen-bond acceptors (Lipinski definition) is 2. The van der Waals surface area contributed by atoms with Gasteiger partial charge in [0.25, 0.3) is 0 Å². The largest absolute Gasteiger partial charge is 1.00 e. The first-order chi connectivity index (χ1) is 5.83. The number of rotatable bonds is 2. The van der Waals surface area contributed by atoms with Crippen molar-refractivity contribution in [3.05, 3.63) is 42.0 Å². The smallest absolute Gasteiger partial charge is 1.00 e. The van der Waals surface area contributed by atoms with Crippen molar-refractivity contribution in [1.82, 2.24) is 0 Å². The summed E-state index contributed by atoms with van der Waals surface area (Å²) >= 11 is 0. The molecule has 64 valence electrons. The monoisotopic (exact) mass is 202 g/mol. The quantitative estimate of drug-likeness (QED) is 0.349. The molecule has 0 saturated heterocycles. The molecule has 0 bridgehead atoms. The summed E-state index contributed by atoms with van der Waals surface area (Å²) in [5.41, 5.74) is 0.989. The van der Waals surface area contributed by atoms with E-state index in [4.69, 9.17) is 0 Å². The third-order valence-electron chi connectivity index (χ3n) is 1.41. The van der Waals surface area contributed by atoms with Crippen molar-refractivity contribution in [3.8, 4) is 0 Å². The van der Waals surface area contributed by atoms with Gasteiger partial charge in [0.05, 0.1) is 7.11 Å². The molecule has 3 heteroatoms. The molecule has 0 amide bonds. The van der Waals surface area contributed by atoms with E-state index in [0.717, 1.165) is 5.56 Å². The normalized spacial score (nSPS) is 9.31. The Labute approximate surface area is 122 Å². The maximum Gasteiger partial charge on any atom is 1.00 e. The molecule has 0 atom stereocenters. The van der Waals surface area contributed by atoms with E-state index in [1.807, 2.05) is 30.3 Å². The van der Waals surface area contributed by atoms with Crippen molar-refractivity contribution in [3.63, 3.8) is 0 Å². The van der Waals surface area contributed by atoms with Crippen LogP contribution in [-0.2, 0) is 9.53 Å². The number of hydrogen-bond donors (Lipinski definition) is 0. The van der Waals surface area contributed by atoms with E-state index in [-0.39, 0.29) is 58.8 Å². The number of carbonyl (C=O) groups is 1. The molecule has 13 heavy (non-hydrogen) atoms. The van der Waals surface area contributed by atoms with Gasteiger partial charge in [-0.15, -0.1) is 0 Å². The van der Waals surface area contributed by atoms with E-state index in [9.17, 15) is 4.79 Å². The Morgan fingerprint density at radius 2 is 2.00 bits per heavy atom. The van der Waals surface area contributed by atoms with Crippen LogP contribution >= 0.6 is 0 Å². The number of carbonyl (C=O) groups excluding carboxylic acids is 1. The van der Waals surface area contributed by atoms with Gasteiger partial charge in [-0.3, -0.25) is 0 Å². The van der Waals surface area contributed by atoms with Crippen LogP contribution < -0.4 is 51.4 Å². The molecular formula is C10H11KO2. The number of methoxy groups -OCH3 is 1. The molecule has 0 heterocycles. The SMILES string of the molecule is COC(=O)/C=C/c1ccccc1.[H-].[K+]. The summed E-state index contributed by atoms with van der Waals surface area (Å²) in [5, 5.41) is 0. The van der Waals surface area contributed by atoms with Gasteiger partial charge in [-0.05, 0) is 11.6 Å². The van der Waals surface area contributed by atoms with E-state index in [1.54, 1.807) is 6.08 Å². The van der Waals surface area contributed by atoms with Crippen molar-refractivity contribution in [2.75, 3.05) is 7.11 Å². The summed E-state index contributed by atoms with van der Waals surface area (Å²) in [7, 11) is 1.36. The molecule has 0 N–H and O–H groups in total. The molecule has 0 aliphatic rings. The number of esters is 1. The van der Waals surface area contributed by atoms with E-state index in [2.05, 4.69) is 4.74 Å². The van der Waals surface area contributed by atoms with Crippen LogP contribution in [-0.4, -0.2) is 13.1 Å². The Morgan fingerprint density at radius 3 is 2.54 bits per heavy atom. The van der Waals surface area contributed by atoms with Crippen molar-refractivity contribution in [2.24, 2.45) is 0 Å². The van der Waals surface area contributed by atoms with Crippen LogP contribution in [0.3, 0.4) is 0 Å².